The van der Waals surface area contributed by atoms with Gasteiger partial charge in [0.05, 0.1) is 37.4 Å². The normalized spacial score (nSPS) is 35.5. The number of ether oxygens (including phenoxy) is 5. The first-order chi connectivity index (χ1) is 17.6. The van der Waals surface area contributed by atoms with Gasteiger partial charge in [-0.2, -0.15) is 0 Å². The van der Waals surface area contributed by atoms with Gasteiger partial charge in [0.2, 0.25) is 6.29 Å². The molecule has 1 aromatic carbocycles. The van der Waals surface area contributed by atoms with E-state index in [1.165, 1.54) is 12.1 Å². The minimum Gasteiger partial charge on any atom is -0.504 e. The average molecular weight is 526 g/mol. The number of carbonyl (C=O) groups is 2. The molecule has 204 valence electrons. The largest absolute Gasteiger partial charge is 0.504 e. The second kappa shape index (κ2) is 11.2. The van der Waals surface area contributed by atoms with Crippen LogP contribution in [-0.2, 0) is 39.7 Å². The molecular weight excluding hydrogens is 496 g/mol. The molecule has 3 aliphatic heterocycles. The number of fused-ring (bicyclic) bond motifs is 1. The molecule has 6 N–H and O–H groups in total. The summed E-state index contributed by atoms with van der Waals surface area (Å²) in [7, 11) is 0. The van der Waals surface area contributed by atoms with Gasteiger partial charge in [0, 0.05) is 12.3 Å². The number of cyclic esters (lactones) is 1. The monoisotopic (exact) mass is 526 g/mol. The van der Waals surface area contributed by atoms with Gasteiger partial charge in [-0.1, -0.05) is 6.07 Å². The Morgan fingerprint density at radius 2 is 1.84 bits per heavy atom. The topological polar surface area (TPSA) is 202 Å². The summed E-state index contributed by atoms with van der Waals surface area (Å²) >= 11 is 0. The van der Waals surface area contributed by atoms with Crippen molar-refractivity contribution in [3.63, 3.8) is 0 Å². The minimum atomic E-state index is -1.67. The van der Waals surface area contributed by atoms with Crippen molar-refractivity contribution < 1.29 is 63.9 Å². The van der Waals surface area contributed by atoms with Gasteiger partial charge in [0.15, 0.2) is 17.8 Å². The lowest BCUT2D eigenvalue weighted by Crippen LogP contribution is -2.61. The Morgan fingerprint density at radius 1 is 1.08 bits per heavy atom. The van der Waals surface area contributed by atoms with E-state index in [-0.39, 0.29) is 36.5 Å². The lowest BCUT2D eigenvalue weighted by atomic mass is 9.77. The number of hydrogen-bond acceptors (Lipinski definition) is 13. The van der Waals surface area contributed by atoms with Crippen LogP contribution in [0.3, 0.4) is 0 Å². The van der Waals surface area contributed by atoms with E-state index in [0.29, 0.717) is 5.56 Å². The summed E-state index contributed by atoms with van der Waals surface area (Å²) in [4.78, 5) is 25.1. The maximum Gasteiger partial charge on any atom is 0.337 e. The molecular formula is C24H30O13. The summed E-state index contributed by atoms with van der Waals surface area (Å²) in [5.74, 6) is -3.27. The number of aromatic hydroxyl groups is 2. The Kier molecular flexibility index (Phi) is 8.21. The highest BCUT2D eigenvalue weighted by atomic mass is 16.8. The van der Waals surface area contributed by atoms with Gasteiger partial charge in [-0.3, -0.25) is 4.79 Å². The number of phenols is 2. The van der Waals surface area contributed by atoms with Gasteiger partial charge in [0.25, 0.3) is 0 Å². The van der Waals surface area contributed by atoms with E-state index in [1.807, 2.05) is 0 Å². The Balaban J connectivity index is 1.46. The molecule has 0 amide bonds. The highest BCUT2D eigenvalue weighted by molar-refractivity contribution is 5.90. The van der Waals surface area contributed by atoms with Crippen LogP contribution in [0.4, 0.5) is 0 Å². The zero-order valence-corrected chi connectivity index (χ0v) is 19.9. The molecule has 1 aromatic rings. The summed E-state index contributed by atoms with van der Waals surface area (Å²) in [6.07, 6.45) is -8.33. The van der Waals surface area contributed by atoms with Gasteiger partial charge in [-0.05, 0) is 24.6 Å². The zero-order chi connectivity index (χ0) is 26.9. The van der Waals surface area contributed by atoms with E-state index in [4.69, 9.17) is 23.7 Å². The number of esters is 2. The number of aliphatic hydroxyl groups is 4. The van der Waals surface area contributed by atoms with Crippen molar-refractivity contribution in [3.8, 4) is 11.5 Å². The molecule has 0 aliphatic carbocycles. The molecule has 0 bridgehead atoms. The van der Waals surface area contributed by atoms with Crippen LogP contribution >= 0.6 is 0 Å². The van der Waals surface area contributed by atoms with Crippen molar-refractivity contribution in [1.82, 2.24) is 0 Å². The highest BCUT2D eigenvalue weighted by Gasteiger charge is 2.52. The smallest absolute Gasteiger partial charge is 0.337 e. The number of hydrogen-bond donors (Lipinski definition) is 6. The van der Waals surface area contributed by atoms with Crippen molar-refractivity contribution in [2.45, 2.75) is 62.9 Å². The third-order valence-corrected chi connectivity index (χ3v) is 6.77. The Hall–Kier alpha value is -2.94. The van der Waals surface area contributed by atoms with Crippen molar-refractivity contribution in [3.05, 3.63) is 35.6 Å². The molecule has 2 saturated heterocycles. The van der Waals surface area contributed by atoms with Gasteiger partial charge < -0.3 is 54.3 Å². The molecule has 4 rings (SSSR count). The molecule has 0 unspecified atom stereocenters. The maximum atomic E-state index is 12.9. The third-order valence-electron chi connectivity index (χ3n) is 6.77. The van der Waals surface area contributed by atoms with Crippen LogP contribution in [0, 0.1) is 11.8 Å². The summed E-state index contributed by atoms with van der Waals surface area (Å²) in [5.41, 5.74) is 0.702. The summed E-state index contributed by atoms with van der Waals surface area (Å²) < 4.78 is 27.4. The summed E-state index contributed by atoms with van der Waals surface area (Å²) in [5, 5.41) is 58.8. The molecule has 2 fully saturated rings. The molecule has 0 saturated carbocycles. The lowest BCUT2D eigenvalue weighted by molar-refractivity contribution is -0.346. The quantitative estimate of drug-likeness (QED) is 0.183. The van der Waals surface area contributed by atoms with E-state index in [2.05, 4.69) is 0 Å². The first-order valence-corrected chi connectivity index (χ1v) is 11.8. The van der Waals surface area contributed by atoms with E-state index in [0.717, 1.165) is 6.26 Å². The Bertz CT molecular complexity index is 1020. The minimum absolute atomic E-state index is 0.0530. The van der Waals surface area contributed by atoms with Gasteiger partial charge >= 0.3 is 11.9 Å². The number of aliphatic hydroxyl groups excluding tert-OH is 4. The van der Waals surface area contributed by atoms with E-state index < -0.39 is 73.5 Å². The van der Waals surface area contributed by atoms with E-state index >= 15 is 0 Å². The predicted octanol–water partition coefficient (Wildman–Crippen LogP) is -1.19. The van der Waals surface area contributed by atoms with Gasteiger partial charge in [-0.15, -0.1) is 0 Å². The van der Waals surface area contributed by atoms with Crippen LogP contribution in [0.1, 0.15) is 18.9 Å². The number of carbonyl (C=O) groups excluding carboxylic acids is 2. The van der Waals surface area contributed by atoms with Crippen molar-refractivity contribution in [2.24, 2.45) is 11.8 Å². The number of rotatable bonds is 7. The lowest BCUT2D eigenvalue weighted by Gasteiger charge is -2.45. The first-order valence-electron chi connectivity index (χ1n) is 11.8. The van der Waals surface area contributed by atoms with Crippen molar-refractivity contribution in [2.75, 3.05) is 13.2 Å². The van der Waals surface area contributed by atoms with Gasteiger partial charge in [-0.25, -0.2) is 4.79 Å². The molecule has 37 heavy (non-hydrogen) atoms. The molecule has 13 heteroatoms. The van der Waals surface area contributed by atoms with Crippen LogP contribution in [0.5, 0.6) is 11.5 Å². The van der Waals surface area contributed by atoms with Crippen LogP contribution in [0.25, 0.3) is 0 Å². The molecule has 0 radical (unpaired) electrons. The van der Waals surface area contributed by atoms with Crippen LogP contribution in [0.15, 0.2) is 30.0 Å². The summed E-state index contributed by atoms with van der Waals surface area (Å²) in [6, 6.07) is 4.24. The average Bonchev–Trinajstić information content (AvgIpc) is 2.86. The second-order valence-electron chi connectivity index (χ2n) is 9.20. The Labute approximate surface area is 211 Å². The van der Waals surface area contributed by atoms with Crippen molar-refractivity contribution in [1.29, 1.82) is 0 Å². The summed E-state index contributed by atoms with van der Waals surface area (Å²) in [6.45, 7) is 0.895. The van der Waals surface area contributed by atoms with E-state index in [1.54, 1.807) is 13.0 Å². The van der Waals surface area contributed by atoms with Crippen LogP contribution in [0.2, 0.25) is 0 Å². The molecule has 13 nitrogen and oxygen atoms in total. The van der Waals surface area contributed by atoms with Crippen LogP contribution < -0.4 is 0 Å². The number of phenolic OH excluding ortho intramolecular Hbond substituents is 2. The van der Waals surface area contributed by atoms with Crippen molar-refractivity contribution >= 4 is 11.9 Å². The number of benzene rings is 1. The molecule has 0 aromatic heterocycles. The maximum absolute atomic E-state index is 12.9. The molecule has 3 aliphatic rings. The fourth-order valence-electron chi connectivity index (χ4n) is 4.73. The Morgan fingerprint density at radius 3 is 2.54 bits per heavy atom. The first kappa shape index (κ1) is 27.1. The molecule has 0 spiro atoms. The zero-order valence-electron chi connectivity index (χ0n) is 19.9. The highest BCUT2D eigenvalue weighted by Crippen LogP contribution is 2.42. The SMILES string of the molecule is C[C@H]1OC(=O)C[C@@H]2C(C(=O)OCCc3ccc(O)c(O)c3)=CO[C@@H](O[C@@H]3O[C@H](CO)[C@@H](O)[C@H](O)[C@H]3O)[C@@H]21. The van der Waals surface area contributed by atoms with Crippen LogP contribution in [-0.4, -0.2) is 98.9 Å². The third kappa shape index (κ3) is 5.66. The standard InChI is InChI=1S/C24H30O13/c1-10-18-12(7-17(28)35-10)13(22(32)33-5-4-11-2-3-14(26)15(27)6-11)9-34-23(18)37-24-21(31)20(30)19(29)16(8-25)36-24/h2-3,6,9-10,12,16,18-21,23-27,29-31H,4-5,7-8H2,1H3/t10-,12-,16-,18-,19-,20+,21-,23+,24+/m1/s1. The fraction of sp³-hybridized carbons (Fsp3) is 0.583. The predicted molar refractivity (Wildman–Crippen MR) is 119 cm³/mol. The second-order valence-corrected chi connectivity index (χ2v) is 9.20. The molecule has 9 atom stereocenters. The molecule has 3 heterocycles. The van der Waals surface area contributed by atoms with E-state index in [9.17, 15) is 40.2 Å². The fourth-order valence-corrected chi connectivity index (χ4v) is 4.73. The van der Waals surface area contributed by atoms with Gasteiger partial charge in [0.1, 0.15) is 30.5 Å².